The van der Waals surface area contributed by atoms with Crippen LogP contribution in [0.5, 0.6) is 0 Å². The molecular formula is C15H17NOS. The minimum Gasteiger partial charge on any atom is -0.392 e. The maximum Gasteiger partial charge on any atom is 0.106 e. The maximum atomic E-state index is 9.26. The van der Waals surface area contributed by atoms with Crippen LogP contribution in [0.25, 0.3) is 0 Å². The molecule has 1 heterocycles. The predicted molar refractivity (Wildman–Crippen MR) is 74.8 cm³/mol. The van der Waals surface area contributed by atoms with Crippen LogP contribution in [0.1, 0.15) is 30.9 Å². The van der Waals surface area contributed by atoms with Crippen molar-refractivity contribution >= 4 is 11.8 Å². The summed E-state index contributed by atoms with van der Waals surface area (Å²) in [6.45, 7) is 4.40. The highest BCUT2D eigenvalue weighted by Crippen LogP contribution is 2.29. The number of hydrogen-bond donors (Lipinski definition) is 1. The normalized spacial score (nSPS) is 10.9. The van der Waals surface area contributed by atoms with Crippen molar-refractivity contribution in [3.63, 3.8) is 0 Å². The fourth-order valence-electron chi connectivity index (χ4n) is 1.67. The van der Waals surface area contributed by atoms with E-state index in [1.807, 2.05) is 12.1 Å². The molecule has 18 heavy (non-hydrogen) atoms. The second-order valence-electron chi connectivity index (χ2n) is 4.45. The Morgan fingerprint density at radius 2 is 1.89 bits per heavy atom. The second kappa shape index (κ2) is 6.03. The summed E-state index contributed by atoms with van der Waals surface area (Å²) in [5.74, 6) is 0.548. The van der Waals surface area contributed by atoms with E-state index in [0.717, 1.165) is 15.5 Å². The van der Waals surface area contributed by atoms with Gasteiger partial charge in [0.15, 0.2) is 0 Å². The van der Waals surface area contributed by atoms with Crippen LogP contribution in [0.2, 0.25) is 0 Å². The van der Waals surface area contributed by atoms with Gasteiger partial charge in [0.2, 0.25) is 0 Å². The number of benzene rings is 1. The van der Waals surface area contributed by atoms with Crippen molar-refractivity contribution in [3.8, 4) is 0 Å². The van der Waals surface area contributed by atoms with Crippen LogP contribution < -0.4 is 0 Å². The minimum atomic E-state index is 0.0280. The highest BCUT2D eigenvalue weighted by atomic mass is 32.2. The van der Waals surface area contributed by atoms with E-state index in [9.17, 15) is 5.11 Å². The molecule has 0 aliphatic heterocycles. The Labute approximate surface area is 112 Å². The smallest absolute Gasteiger partial charge is 0.106 e. The first kappa shape index (κ1) is 13.1. The predicted octanol–water partition coefficient (Wildman–Crippen LogP) is 3.85. The third-order valence-electron chi connectivity index (χ3n) is 2.78. The Balaban J connectivity index is 2.18. The molecule has 0 amide bonds. The van der Waals surface area contributed by atoms with Crippen molar-refractivity contribution in [2.45, 2.75) is 36.3 Å². The van der Waals surface area contributed by atoms with Crippen LogP contribution in [0.15, 0.2) is 52.5 Å². The third kappa shape index (κ3) is 3.12. The zero-order chi connectivity index (χ0) is 13.0. The molecule has 0 saturated heterocycles. The quantitative estimate of drug-likeness (QED) is 0.905. The van der Waals surface area contributed by atoms with Gasteiger partial charge in [-0.25, -0.2) is 4.98 Å². The van der Waals surface area contributed by atoms with Gasteiger partial charge in [0.05, 0.1) is 6.61 Å². The lowest BCUT2D eigenvalue weighted by atomic mass is 10.0. The van der Waals surface area contributed by atoms with Gasteiger partial charge in [0, 0.05) is 16.7 Å². The zero-order valence-corrected chi connectivity index (χ0v) is 11.4. The number of pyridine rings is 1. The third-order valence-corrected chi connectivity index (χ3v) is 3.85. The van der Waals surface area contributed by atoms with Crippen molar-refractivity contribution in [1.82, 2.24) is 4.98 Å². The summed E-state index contributed by atoms with van der Waals surface area (Å²) in [4.78, 5) is 5.45. The number of hydrogen-bond acceptors (Lipinski definition) is 3. The average molecular weight is 259 g/mol. The number of nitrogens with zero attached hydrogens (tertiary/aromatic N) is 1. The molecular weight excluding hydrogens is 242 g/mol. The molecule has 1 aromatic carbocycles. The molecule has 0 spiro atoms. The van der Waals surface area contributed by atoms with E-state index < -0.39 is 0 Å². The largest absolute Gasteiger partial charge is 0.392 e. The van der Waals surface area contributed by atoms with Crippen molar-refractivity contribution in [3.05, 3.63) is 53.7 Å². The van der Waals surface area contributed by atoms with Gasteiger partial charge < -0.3 is 5.11 Å². The number of rotatable bonds is 4. The van der Waals surface area contributed by atoms with Crippen LogP contribution >= 0.6 is 11.8 Å². The lowest BCUT2D eigenvalue weighted by molar-refractivity contribution is 0.278. The molecule has 1 N–H and O–H groups in total. The Hall–Kier alpha value is -1.32. The van der Waals surface area contributed by atoms with E-state index >= 15 is 0 Å². The summed E-state index contributed by atoms with van der Waals surface area (Å²) in [7, 11) is 0. The van der Waals surface area contributed by atoms with Crippen molar-refractivity contribution in [1.29, 1.82) is 0 Å². The fraction of sp³-hybridized carbons (Fsp3) is 0.267. The molecule has 2 aromatic rings. The van der Waals surface area contributed by atoms with Crippen LogP contribution in [0.3, 0.4) is 0 Å². The van der Waals surface area contributed by atoms with Crippen molar-refractivity contribution < 1.29 is 5.11 Å². The second-order valence-corrected chi connectivity index (χ2v) is 5.51. The molecule has 0 unspecified atom stereocenters. The number of aromatic nitrogens is 1. The molecule has 1 aromatic heterocycles. The fourth-order valence-corrected chi connectivity index (χ4v) is 2.54. The first-order valence-corrected chi connectivity index (χ1v) is 6.85. The van der Waals surface area contributed by atoms with E-state index in [1.54, 1.807) is 18.0 Å². The van der Waals surface area contributed by atoms with Gasteiger partial charge in [0.1, 0.15) is 5.03 Å². The average Bonchev–Trinajstić information content (AvgIpc) is 2.40. The van der Waals surface area contributed by atoms with Gasteiger partial charge in [-0.05, 0) is 29.7 Å². The lowest BCUT2D eigenvalue weighted by Gasteiger charge is -2.08. The number of aliphatic hydroxyl groups excluding tert-OH is 1. The molecule has 2 nitrogen and oxygen atoms in total. The van der Waals surface area contributed by atoms with E-state index in [-0.39, 0.29) is 6.61 Å². The van der Waals surface area contributed by atoms with Crippen molar-refractivity contribution in [2.24, 2.45) is 0 Å². The Morgan fingerprint density at radius 3 is 2.50 bits per heavy atom. The standard InChI is InChI=1S/C15H17NOS/c1-11(2)12-5-7-14(8-6-12)18-15-13(10-17)4-3-9-16-15/h3-9,11,17H,10H2,1-2H3. The van der Waals surface area contributed by atoms with Crippen LogP contribution in [-0.4, -0.2) is 10.1 Å². The Morgan fingerprint density at radius 1 is 1.17 bits per heavy atom. The molecule has 0 bridgehead atoms. The first-order valence-electron chi connectivity index (χ1n) is 6.03. The van der Waals surface area contributed by atoms with Gasteiger partial charge in [-0.15, -0.1) is 0 Å². The van der Waals surface area contributed by atoms with Crippen LogP contribution in [0.4, 0.5) is 0 Å². The Kier molecular flexibility index (Phi) is 4.39. The monoisotopic (exact) mass is 259 g/mol. The van der Waals surface area contributed by atoms with E-state index in [4.69, 9.17) is 0 Å². The number of aliphatic hydroxyl groups is 1. The highest BCUT2D eigenvalue weighted by molar-refractivity contribution is 7.99. The van der Waals surface area contributed by atoms with Crippen LogP contribution in [0, 0.1) is 0 Å². The molecule has 0 atom stereocenters. The van der Waals surface area contributed by atoms with Crippen molar-refractivity contribution in [2.75, 3.05) is 0 Å². The molecule has 0 aliphatic rings. The van der Waals surface area contributed by atoms with Gasteiger partial charge in [-0.2, -0.15) is 0 Å². The summed E-state index contributed by atoms with van der Waals surface area (Å²) < 4.78 is 0. The van der Waals surface area contributed by atoms with E-state index in [1.165, 1.54) is 5.56 Å². The summed E-state index contributed by atoms with van der Waals surface area (Å²) in [6, 6.07) is 12.3. The molecule has 0 fully saturated rings. The summed E-state index contributed by atoms with van der Waals surface area (Å²) in [5.41, 5.74) is 2.21. The van der Waals surface area contributed by atoms with E-state index in [0.29, 0.717) is 5.92 Å². The SMILES string of the molecule is CC(C)c1ccc(Sc2ncccc2CO)cc1. The molecule has 94 valence electrons. The van der Waals surface area contributed by atoms with E-state index in [2.05, 4.69) is 43.1 Å². The lowest BCUT2D eigenvalue weighted by Crippen LogP contribution is -1.90. The highest BCUT2D eigenvalue weighted by Gasteiger charge is 2.05. The zero-order valence-electron chi connectivity index (χ0n) is 10.6. The van der Waals surface area contributed by atoms with Gasteiger partial charge in [-0.3, -0.25) is 0 Å². The maximum absolute atomic E-state index is 9.26. The topological polar surface area (TPSA) is 33.1 Å². The van der Waals surface area contributed by atoms with Gasteiger partial charge in [0.25, 0.3) is 0 Å². The van der Waals surface area contributed by atoms with Gasteiger partial charge in [-0.1, -0.05) is 43.8 Å². The molecule has 3 heteroatoms. The molecule has 2 rings (SSSR count). The summed E-state index contributed by atoms with van der Waals surface area (Å²) in [6.07, 6.45) is 1.75. The molecule has 0 radical (unpaired) electrons. The first-order chi connectivity index (χ1) is 8.70. The summed E-state index contributed by atoms with van der Waals surface area (Å²) >= 11 is 1.59. The molecule has 0 aliphatic carbocycles. The Bertz CT molecular complexity index is 508. The van der Waals surface area contributed by atoms with Crippen LogP contribution in [-0.2, 0) is 6.61 Å². The minimum absolute atomic E-state index is 0.0280. The molecule has 0 saturated carbocycles. The summed E-state index contributed by atoms with van der Waals surface area (Å²) in [5, 5.41) is 10.1. The van der Waals surface area contributed by atoms with Gasteiger partial charge >= 0.3 is 0 Å².